The van der Waals surface area contributed by atoms with Gasteiger partial charge >= 0.3 is 0 Å². The van der Waals surface area contributed by atoms with Crippen molar-refractivity contribution < 1.29 is 8.94 Å². The maximum absolute atomic E-state index is 5.30. The number of nitrogens with zero attached hydrogens (tertiary/aromatic N) is 6. The Hall–Kier alpha value is -2.16. The molecule has 0 fully saturated rings. The first-order chi connectivity index (χ1) is 10.6. The van der Waals surface area contributed by atoms with Gasteiger partial charge in [0.05, 0.1) is 11.5 Å². The van der Waals surface area contributed by atoms with E-state index in [0.717, 1.165) is 11.7 Å². The Bertz CT molecular complexity index is 721. The summed E-state index contributed by atoms with van der Waals surface area (Å²) in [7, 11) is 0. The number of aromatic nitrogens is 6. The quantitative estimate of drug-likeness (QED) is 0.640. The lowest BCUT2D eigenvalue weighted by atomic mass is 10.2. The second-order valence-corrected chi connectivity index (χ2v) is 6.54. The molecule has 116 valence electrons. The van der Waals surface area contributed by atoms with Crippen molar-refractivity contribution in [3.63, 3.8) is 0 Å². The van der Waals surface area contributed by atoms with Crippen LogP contribution in [0.25, 0.3) is 11.6 Å². The second kappa shape index (κ2) is 6.30. The Labute approximate surface area is 131 Å². The molecule has 0 saturated heterocycles. The molecule has 22 heavy (non-hydrogen) atoms. The van der Waals surface area contributed by atoms with Crippen molar-refractivity contribution in [1.82, 2.24) is 30.3 Å². The molecule has 0 amide bonds. The fourth-order valence-electron chi connectivity index (χ4n) is 1.86. The van der Waals surface area contributed by atoms with Gasteiger partial charge in [0, 0.05) is 6.54 Å². The molecule has 3 aromatic heterocycles. The molecule has 0 aliphatic heterocycles. The van der Waals surface area contributed by atoms with Crippen molar-refractivity contribution in [2.24, 2.45) is 5.92 Å². The van der Waals surface area contributed by atoms with E-state index in [4.69, 9.17) is 8.94 Å². The lowest BCUT2D eigenvalue weighted by molar-refractivity contribution is 0.379. The molecule has 3 aromatic rings. The molecule has 3 heterocycles. The van der Waals surface area contributed by atoms with Gasteiger partial charge in [0.2, 0.25) is 16.9 Å². The predicted molar refractivity (Wildman–Crippen MR) is 78.9 cm³/mol. The highest BCUT2D eigenvalue weighted by atomic mass is 32.2. The van der Waals surface area contributed by atoms with Gasteiger partial charge in [-0.2, -0.15) is 4.98 Å². The van der Waals surface area contributed by atoms with Crippen LogP contribution in [-0.2, 0) is 6.54 Å². The van der Waals surface area contributed by atoms with Crippen LogP contribution in [-0.4, -0.2) is 30.3 Å². The van der Waals surface area contributed by atoms with E-state index < -0.39 is 0 Å². The third kappa shape index (κ3) is 3.19. The van der Waals surface area contributed by atoms with E-state index >= 15 is 0 Å². The molecule has 0 aliphatic rings. The number of hydrogen-bond acceptors (Lipinski definition) is 8. The summed E-state index contributed by atoms with van der Waals surface area (Å²) in [5.74, 6) is 1.99. The highest BCUT2D eigenvalue weighted by molar-refractivity contribution is 7.99. The van der Waals surface area contributed by atoms with Crippen LogP contribution in [0.4, 0.5) is 0 Å². The zero-order chi connectivity index (χ0) is 15.5. The van der Waals surface area contributed by atoms with E-state index in [-0.39, 0.29) is 5.25 Å². The number of tetrazole rings is 1. The Morgan fingerprint density at radius 1 is 1.32 bits per heavy atom. The van der Waals surface area contributed by atoms with Crippen LogP contribution < -0.4 is 0 Å². The molecule has 0 aliphatic carbocycles. The van der Waals surface area contributed by atoms with Crippen molar-refractivity contribution in [3.8, 4) is 11.6 Å². The van der Waals surface area contributed by atoms with Gasteiger partial charge in [0.1, 0.15) is 0 Å². The zero-order valence-electron chi connectivity index (χ0n) is 12.5. The summed E-state index contributed by atoms with van der Waals surface area (Å²) < 4.78 is 12.3. The average Bonchev–Trinajstić information content (AvgIpc) is 3.18. The molecule has 0 spiro atoms. The first kappa shape index (κ1) is 14.8. The van der Waals surface area contributed by atoms with E-state index in [1.54, 1.807) is 23.1 Å². The van der Waals surface area contributed by atoms with Crippen molar-refractivity contribution in [3.05, 3.63) is 24.3 Å². The minimum absolute atomic E-state index is 0.0619. The van der Waals surface area contributed by atoms with Crippen molar-refractivity contribution >= 4 is 11.8 Å². The molecule has 1 atom stereocenters. The fraction of sp³-hybridized carbons (Fsp3) is 0.462. The maximum Gasteiger partial charge on any atom is 0.240 e. The summed E-state index contributed by atoms with van der Waals surface area (Å²) in [5.41, 5.74) is 0. The molecule has 1 unspecified atom stereocenters. The maximum atomic E-state index is 5.30. The standard InChI is InChI=1S/C13H16N6O2S/c1-8(2)7-19-13(15-17-18-19)22-9(3)12-14-11(16-21-12)10-5-4-6-20-10/h4-6,8-9H,7H2,1-3H3. The molecule has 8 nitrogen and oxygen atoms in total. The highest BCUT2D eigenvalue weighted by Crippen LogP contribution is 2.33. The average molecular weight is 320 g/mol. The van der Waals surface area contributed by atoms with Gasteiger partial charge in [-0.1, -0.05) is 30.8 Å². The Morgan fingerprint density at radius 3 is 2.91 bits per heavy atom. The second-order valence-electron chi connectivity index (χ2n) is 5.23. The Morgan fingerprint density at radius 2 is 2.18 bits per heavy atom. The molecule has 3 rings (SSSR count). The van der Waals surface area contributed by atoms with Crippen molar-refractivity contribution in [1.29, 1.82) is 0 Å². The lowest BCUT2D eigenvalue weighted by Gasteiger charge is -2.08. The van der Waals surface area contributed by atoms with Crippen LogP contribution in [0, 0.1) is 5.92 Å². The molecule has 0 radical (unpaired) electrons. The highest BCUT2D eigenvalue weighted by Gasteiger charge is 2.20. The van der Waals surface area contributed by atoms with Crippen molar-refractivity contribution in [2.75, 3.05) is 0 Å². The number of hydrogen-bond donors (Lipinski definition) is 0. The third-order valence-corrected chi connectivity index (χ3v) is 3.91. The van der Waals surface area contributed by atoms with Crippen LogP contribution in [0.5, 0.6) is 0 Å². The molecule has 0 bridgehead atoms. The SMILES string of the molecule is CC(C)Cn1nnnc1SC(C)c1nc(-c2ccco2)no1. The summed E-state index contributed by atoms with van der Waals surface area (Å²) in [4.78, 5) is 4.35. The van der Waals surface area contributed by atoms with Gasteiger partial charge in [-0.3, -0.25) is 0 Å². The van der Waals surface area contributed by atoms with Crippen molar-refractivity contribution in [2.45, 2.75) is 37.7 Å². The summed E-state index contributed by atoms with van der Waals surface area (Å²) in [6.07, 6.45) is 1.57. The van der Waals surface area contributed by atoms with Crippen LogP contribution in [0.3, 0.4) is 0 Å². The molecule has 9 heteroatoms. The number of thioether (sulfide) groups is 1. The Balaban J connectivity index is 1.72. The lowest BCUT2D eigenvalue weighted by Crippen LogP contribution is -2.08. The number of furan rings is 1. The summed E-state index contributed by atoms with van der Waals surface area (Å²) in [6.45, 7) is 6.97. The largest absolute Gasteiger partial charge is 0.461 e. The van der Waals surface area contributed by atoms with E-state index in [1.807, 2.05) is 6.92 Å². The topological polar surface area (TPSA) is 95.7 Å². The van der Waals surface area contributed by atoms with Gasteiger partial charge in [-0.15, -0.1) is 5.10 Å². The van der Waals surface area contributed by atoms with Crippen LogP contribution in [0.1, 0.15) is 31.9 Å². The van der Waals surface area contributed by atoms with Crippen LogP contribution in [0.2, 0.25) is 0 Å². The number of rotatable bonds is 6. The minimum Gasteiger partial charge on any atom is -0.461 e. The summed E-state index contributed by atoms with van der Waals surface area (Å²) in [5, 5.41) is 16.4. The van der Waals surface area contributed by atoms with Gasteiger partial charge in [0.15, 0.2) is 5.76 Å². The van der Waals surface area contributed by atoms with Crippen LogP contribution in [0.15, 0.2) is 32.5 Å². The van der Waals surface area contributed by atoms with E-state index in [2.05, 4.69) is 39.5 Å². The normalized spacial score (nSPS) is 12.9. The molecule has 0 aromatic carbocycles. The van der Waals surface area contributed by atoms with Gasteiger partial charge < -0.3 is 8.94 Å². The predicted octanol–water partition coefficient (Wildman–Crippen LogP) is 2.83. The van der Waals surface area contributed by atoms with E-state index in [0.29, 0.717) is 23.4 Å². The first-order valence-corrected chi connectivity index (χ1v) is 7.81. The van der Waals surface area contributed by atoms with Crippen LogP contribution >= 0.6 is 11.8 Å². The smallest absolute Gasteiger partial charge is 0.240 e. The zero-order valence-corrected chi connectivity index (χ0v) is 13.3. The minimum atomic E-state index is -0.0619. The molecule has 0 saturated carbocycles. The monoisotopic (exact) mass is 320 g/mol. The Kier molecular flexibility index (Phi) is 4.23. The van der Waals surface area contributed by atoms with Gasteiger partial charge in [0.25, 0.3) is 0 Å². The molecular formula is C13H16N6O2S. The van der Waals surface area contributed by atoms with Gasteiger partial charge in [-0.25, -0.2) is 4.68 Å². The fourth-order valence-corrected chi connectivity index (χ4v) is 2.69. The summed E-state index contributed by atoms with van der Waals surface area (Å²) >= 11 is 1.48. The van der Waals surface area contributed by atoms with E-state index in [9.17, 15) is 0 Å². The molecule has 0 N–H and O–H groups in total. The first-order valence-electron chi connectivity index (χ1n) is 6.93. The molecular weight excluding hydrogens is 304 g/mol. The van der Waals surface area contributed by atoms with Gasteiger partial charge in [-0.05, 0) is 35.4 Å². The third-order valence-electron chi connectivity index (χ3n) is 2.85. The summed E-state index contributed by atoms with van der Waals surface area (Å²) in [6, 6.07) is 3.57. The van der Waals surface area contributed by atoms with E-state index in [1.165, 1.54) is 11.8 Å².